The van der Waals surface area contributed by atoms with Gasteiger partial charge < -0.3 is 14.8 Å². The fourth-order valence-corrected chi connectivity index (χ4v) is 2.95. The molecule has 2 unspecified atom stereocenters. The lowest BCUT2D eigenvalue weighted by atomic mass is 9.77. The maximum absolute atomic E-state index is 12.2. The van der Waals surface area contributed by atoms with Gasteiger partial charge in [0.2, 0.25) is 0 Å². The molecule has 1 amide bonds. The minimum atomic E-state index is -0.478. The summed E-state index contributed by atoms with van der Waals surface area (Å²) in [7, 11) is 0. The predicted molar refractivity (Wildman–Crippen MR) is 73.0 cm³/mol. The summed E-state index contributed by atoms with van der Waals surface area (Å²) in [5, 5.41) is 12.6. The fraction of sp³-hybridized carbons (Fsp3) is 0.667. The smallest absolute Gasteiger partial charge is 0.287 e. The summed E-state index contributed by atoms with van der Waals surface area (Å²) in [6.07, 6.45) is 4.64. The van der Waals surface area contributed by atoms with E-state index in [1.807, 2.05) is 13.0 Å². The van der Waals surface area contributed by atoms with Crippen molar-refractivity contribution in [2.75, 3.05) is 6.61 Å². The third-order valence-electron chi connectivity index (χ3n) is 4.01. The number of carbonyl (C=O) groups excluding carboxylic acids is 1. The minimum absolute atomic E-state index is 0.00950. The standard InChI is InChI=1S/C15H23NO3/c1-3-12-6-7-13(19-12)14(18)16-15(10-17)8-4-5-11(2)9-15/h6-7,11,17H,3-5,8-10H2,1-2H3,(H,16,18). The fourth-order valence-electron chi connectivity index (χ4n) is 2.95. The highest BCUT2D eigenvalue weighted by Crippen LogP contribution is 2.32. The van der Waals surface area contributed by atoms with E-state index in [0.717, 1.165) is 31.4 Å². The molecule has 1 aromatic rings. The number of nitrogens with one attached hydrogen (secondary N) is 1. The van der Waals surface area contributed by atoms with Gasteiger partial charge in [-0.1, -0.05) is 26.7 Å². The third-order valence-corrected chi connectivity index (χ3v) is 4.01. The lowest BCUT2D eigenvalue weighted by Gasteiger charge is -2.39. The van der Waals surface area contributed by atoms with Gasteiger partial charge in [-0.25, -0.2) is 0 Å². The van der Waals surface area contributed by atoms with Crippen LogP contribution in [0.3, 0.4) is 0 Å². The van der Waals surface area contributed by atoms with Gasteiger partial charge in [-0.15, -0.1) is 0 Å². The second kappa shape index (κ2) is 5.78. The Bertz CT molecular complexity index is 440. The Kier molecular flexibility index (Phi) is 4.30. The van der Waals surface area contributed by atoms with Crippen LogP contribution in [-0.4, -0.2) is 23.2 Å². The molecule has 1 aliphatic carbocycles. The van der Waals surface area contributed by atoms with Crippen LogP contribution in [0.1, 0.15) is 55.8 Å². The number of furan rings is 1. The number of carbonyl (C=O) groups is 1. The Morgan fingerprint density at radius 2 is 2.37 bits per heavy atom. The van der Waals surface area contributed by atoms with E-state index in [4.69, 9.17) is 4.42 Å². The lowest BCUT2D eigenvalue weighted by Crippen LogP contribution is -2.53. The van der Waals surface area contributed by atoms with E-state index in [0.29, 0.717) is 11.7 Å². The molecule has 4 heteroatoms. The zero-order valence-electron chi connectivity index (χ0n) is 11.7. The van der Waals surface area contributed by atoms with Gasteiger partial charge in [-0.2, -0.15) is 0 Å². The van der Waals surface area contributed by atoms with Crippen LogP contribution < -0.4 is 5.32 Å². The molecule has 0 radical (unpaired) electrons. The van der Waals surface area contributed by atoms with Gasteiger partial charge >= 0.3 is 0 Å². The Labute approximate surface area is 114 Å². The normalized spacial score (nSPS) is 27.2. The molecule has 1 fully saturated rings. The molecule has 1 aromatic heterocycles. The van der Waals surface area contributed by atoms with E-state index >= 15 is 0 Å². The van der Waals surface area contributed by atoms with Gasteiger partial charge in [-0.05, 0) is 30.9 Å². The Hall–Kier alpha value is -1.29. The topological polar surface area (TPSA) is 62.5 Å². The zero-order valence-corrected chi connectivity index (χ0v) is 11.7. The van der Waals surface area contributed by atoms with Crippen LogP contribution in [0.4, 0.5) is 0 Å². The van der Waals surface area contributed by atoms with Crippen LogP contribution in [0.2, 0.25) is 0 Å². The van der Waals surface area contributed by atoms with Crippen molar-refractivity contribution in [1.82, 2.24) is 5.32 Å². The summed E-state index contributed by atoms with van der Waals surface area (Å²) < 4.78 is 5.46. The molecular formula is C15H23NO3. The summed E-state index contributed by atoms with van der Waals surface area (Å²) >= 11 is 0. The number of aliphatic hydroxyl groups excluding tert-OH is 1. The second-order valence-corrected chi connectivity index (χ2v) is 5.71. The summed E-state index contributed by atoms with van der Waals surface area (Å²) in [5.41, 5.74) is -0.478. The number of hydrogen-bond acceptors (Lipinski definition) is 3. The number of hydrogen-bond donors (Lipinski definition) is 2. The molecule has 19 heavy (non-hydrogen) atoms. The SMILES string of the molecule is CCc1ccc(C(=O)NC2(CO)CCCC(C)C2)o1. The molecule has 1 aliphatic rings. The van der Waals surface area contributed by atoms with Crippen LogP contribution in [0, 0.1) is 5.92 Å². The predicted octanol–water partition coefficient (Wildman–Crippen LogP) is 2.51. The number of aliphatic hydroxyl groups is 1. The number of rotatable bonds is 4. The maximum Gasteiger partial charge on any atom is 0.287 e. The van der Waals surface area contributed by atoms with Crippen molar-refractivity contribution in [3.8, 4) is 0 Å². The van der Waals surface area contributed by atoms with Crippen LogP contribution in [-0.2, 0) is 6.42 Å². The van der Waals surface area contributed by atoms with Gasteiger partial charge in [0.15, 0.2) is 5.76 Å². The van der Waals surface area contributed by atoms with Gasteiger partial charge in [0.05, 0.1) is 12.1 Å². The highest BCUT2D eigenvalue weighted by molar-refractivity contribution is 5.92. The van der Waals surface area contributed by atoms with Gasteiger partial charge in [-0.3, -0.25) is 4.79 Å². The Balaban J connectivity index is 2.07. The molecule has 2 atom stereocenters. The van der Waals surface area contributed by atoms with E-state index in [1.165, 1.54) is 6.42 Å². The first kappa shape index (κ1) is 14.1. The van der Waals surface area contributed by atoms with E-state index < -0.39 is 5.54 Å². The van der Waals surface area contributed by atoms with Crippen LogP contribution in [0.15, 0.2) is 16.5 Å². The van der Waals surface area contributed by atoms with E-state index in [2.05, 4.69) is 12.2 Å². The van der Waals surface area contributed by atoms with Crippen molar-refractivity contribution < 1.29 is 14.3 Å². The first-order chi connectivity index (χ1) is 9.08. The molecule has 106 valence electrons. The summed E-state index contributed by atoms with van der Waals surface area (Å²) in [4.78, 5) is 12.2. The molecule has 2 rings (SSSR count). The molecule has 0 bridgehead atoms. The Morgan fingerprint density at radius 1 is 1.58 bits per heavy atom. The van der Waals surface area contributed by atoms with Crippen LogP contribution >= 0.6 is 0 Å². The van der Waals surface area contributed by atoms with Crippen LogP contribution in [0.5, 0.6) is 0 Å². The average Bonchev–Trinajstić information content (AvgIpc) is 2.87. The number of aryl methyl sites for hydroxylation is 1. The largest absolute Gasteiger partial charge is 0.456 e. The van der Waals surface area contributed by atoms with E-state index in [1.54, 1.807) is 6.07 Å². The third kappa shape index (κ3) is 3.18. The molecule has 2 N–H and O–H groups in total. The molecule has 4 nitrogen and oxygen atoms in total. The summed E-state index contributed by atoms with van der Waals surface area (Å²) in [6.45, 7) is 4.14. The van der Waals surface area contributed by atoms with Crippen molar-refractivity contribution in [2.24, 2.45) is 5.92 Å². The molecule has 1 saturated carbocycles. The first-order valence-electron chi connectivity index (χ1n) is 7.10. The Morgan fingerprint density at radius 3 is 2.95 bits per heavy atom. The molecule has 0 aromatic carbocycles. The van der Waals surface area contributed by atoms with E-state index in [9.17, 15) is 9.90 Å². The highest BCUT2D eigenvalue weighted by Gasteiger charge is 2.36. The molecule has 0 aliphatic heterocycles. The molecule has 0 saturated heterocycles. The van der Waals surface area contributed by atoms with Crippen molar-refractivity contribution in [2.45, 2.75) is 51.5 Å². The lowest BCUT2D eigenvalue weighted by molar-refractivity contribution is 0.0672. The first-order valence-corrected chi connectivity index (χ1v) is 7.10. The van der Waals surface area contributed by atoms with Crippen molar-refractivity contribution in [1.29, 1.82) is 0 Å². The number of amides is 1. The molecule has 0 spiro atoms. The second-order valence-electron chi connectivity index (χ2n) is 5.71. The summed E-state index contributed by atoms with van der Waals surface area (Å²) in [5.74, 6) is 1.45. The van der Waals surface area contributed by atoms with Gasteiger partial charge in [0.1, 0.15) is 5.76 Å². The van der Waals surface area contributed by atoms with Gasteiger partial charge in [0.25, 0.3) is 5.91 Å². The highest BCUT2D eigenvalue weighted by atomic mass is 16.3. The monoisotopic (exact) mass is 265 g/mol. The average molecular weight is 265 g/mol. The molecular weight excluding hydrogens is 242 g/mol. The van der Waals surface area contributed by atoms with Crippen LogP contribution in [0.25, 0.3) is 0 Å². The minimum Gasteiger partial charge on any atom is -0.456 e. The maximum atomic E-state index is 12.2. The summed E-state index contributed by atoms with van der Waals surface area (Å²) in [6, 6.07) is 3.52. The molecule has 1 heterocycles. The zero-order chi connectivity index (χ0) is 13.9. The van der Waals surface area contributed by atoms with Gasteiger partial charge in [0, 0.05) is 6.42 Å². The quantitative estimate of drug-likeness (QED) is 0.879. The van der Waals surface area contributed by atoms with E-state index in [-0.39, 0.29) is 12.5 Å². The van der Waals surface area contributed by atoms with Crippen molar-refractivity contribution >= 4 is 5.91 Å². The van der Waals surface area contributed by atoms with Crippen molar-refractivity contribution in [3.63, 3.8) is 0 Å². The van der Waals surface area contributed by atoms with Crippen molar-refractivity contribution in [3.05, 3.63) is 23.7 Å².